The Morgan fingerprint density at radius 3 is 2.71 bits per heavy atom. The van der Waals surface area contributed by atoms with Crippen LogP contribution in [-0.4, -0.2) is 43.7 Å². The first-order chi connectivity index (χ1) is 11.2. The molecule has 0 aliphatic carbocycles. The number of carbonyl (C=O) groups is 1. The number of benzene rings is 1. The lowest BCUT2D eigenvalue weighted by Gasteiger charge is -2.19. The number of rotatable bonds is 4. The Balaban J connectivity index is 2.05. The Labute approximate surface area is 138 Å². The van der Waals surface area contributed by atoms with Crippen molar-refractivity contribution in [2.75, 3.05) is 26.0 Å². The number of amides is 1. The minimum absolute atomic E-state index is 0.134. The van der Waals surface area contributed by atoms with Crippen LogP contribution in [0.5, 0.6) is 0 Å². The van der Waals surface area contributed by atoms with Gasteiger partial charge in [0.2, 0.25) is 0 Å². The molecule has 24 heavy (non-hydrogen) atoms. The van der Waals surface area contributed by atoms with E-state index in [1.807, 2.05) is 6.07 Å². The molecule has 1 fully saturated rings. The van der Waals surface area contributed by atoms with Crippen LogP contribution in [0.3, 0.4) is 0 Å². The number of hydrogen-bond donors (Lipinski definition) is 1. The maximum Gasteiger partial charge on any atom is 0.418 e. The largest absolute Gasteiger partial charge is 0.418 e. The molecule has 1 saturated heterocycles. The van der Waals surface area contributed by atoms with E-state index in [-0.39, 0.29) is 29.8 Å². The van der Waals surface area contributed by atoms with E-state index in [4.69, 9.17) is 10.00 Å². The van der Waals surface area contributed by atoms with Gasteiger partial charge in [-0.1, -0.05) is 0 Å². The predicted octanol–water partition coefficient (Wildman–Crippen LogP) is 2.62. The molecule has 0 spiro atoms. The van der Waals surface area contributed by atoms with Crippen LogP contribution in [0.2, 0.25) is 0 Å². The number of carbonyl (C=O) groups excluding carboxylic acids is 1. The maximum absolute atomic E-state index is 13.0. The van der Waals surface area contributed by atoms with Gasteiger partial charge in [0.05, 0.1) is 23.3 Å². The molecule has 2 rings (SSSR count). The number of nitrogens with one attached hydrogen (secondary N) is 1. The van der Waals surface area contributed by atoms with E-state index in [9.17, 15) is 18.0 Å². The summed E-state index contributed by atoms with van der Waals surface area (Å²) in [7, 11) is 3.25. The molecule has 5 nitrogen and oxygen atoms in total. The normalized spacial score (nSPS) is 20.5. The van der Waals surface area contributed by atoms with Crippen molar-refractivity contribution in [3.05, 3.63) is 29.3 Å². The summed E-state index contributed by atoms with van der Waals surface area (Å²) < 4.78 is 44.7. The summed E-state index contributed by atoms with van der Waals surface area (Å²) in [6.07, 6.45) is -4.31. The molecule has 0 aromatic heterocycles. The standard InChI is InChI=1S/C16H18F3N3O2/c1-22(2)15(23)14-6-4-11(24-14)9-21-13-7-10(8-20)3-5-12(13)16(17,18)19/h3,5,7,11,14,21H,4,6,9H2,1-2H3/t11-,14-/m1/s1. The molecule has 0 radical (unpaired) electrons. The van der Waals surface area contributed by atoms with Gasteiger partial charge in [0.25, 0.3) is 5.91 Å². The summed E-state index contributed by atoms with van der Waals surface area (Å²) in [4.78, 5) is 13.3. The zero-order valence-corrected chi connectivity index (χ0v) is 13.4. The Morgan fingerprint density at radius 1 is 1.42 bits per heavy atom. The van der Waals surface area contributed by atoms with Crippen LogP contribution in [0.25, 0.3) is 0 Å². The molecule has 8 heteroatoms. The monoisotopic (exact) mass is 341 g/mol. The number of anilines is 1. The van der Waals surface area contributed by atoms with E-state index in [2.05, 4.69) is 5.32 Å². The Bertz CT molecular complexity index is 653. The highest BCUT2D eigenvalue weighted by Crippen LogP contribution is 2.35. The van der Waals surface area contributed by atoms with Crippen molar-refractivity contribution in [2.24, 2.45) is 0 Å². The average Bonchev–Trinajstić information content (AvgIpc) is 2.99. The van der Waals surface area contributed by atoms with Crippen LogP contribution >= 0.6 is 0 Å². The topological polar surface area (TPSA) is 65.4 Å². The molecule has 130 valence electrons. The van der Waals surface area contributed by atoms with Crippen LogP contribution in [0, 0.1) is 11.3 Å². The summed E-state index contributed by atoms with van der Waals surface area (Å²) in [5, 5.41) is 11.6. The van der Waals surface area contributed by atoms with Gasteiger partial charge < -0.3 is 15.0 Å². The third-order valence-corrected chi connectivity index (χ3v) is 3.80. The van der Waals surface area contributed by atoms with Gasteiger partial charge >= 0.3 is 6.18 Å². The molecule has 1 aromatic rings. The van der Waals surface area contributed by atoms with Crippen LogP contribution in [0.15, 0.2) is 18.2 Å². The molecule has 1 aliphatic rings. The predicted molar refractivity (Wildman–Crippen MR) is 81.2 cm³/mol. The van der Waals surface area contributed by atoms with Gasteiger partial charge in [0.15, 0.2) is 0 Å². The fourth-order valence-electron chi connectivity index (χ4n) is 2.56. The van der Waals surface area contributed by atoms with E-state index in [0.29, 0.717) is 12.8 Å². The van der Waals surface area contributed by atoms with Crippen molar-refractivity contribution in [2.45, 2.75) is 31.2 Å². The average molecular weight is 341 g/mol. The number of ether oxygens (including phenoxy) is 1. The highest BCUT2D eigenvalue weighted by Gasteiger charge is 2.35. The Hall–Kier alpha value is -2.27. The van der Waals surface area contributed by atoms with Crippen LogP contribution < -0.4 is 5.32 Å². The van der Waals surface area contributed by atoms with Crippen molar-refractivity contribution < 1.29 is 22.7 Å². The SMILES string of the molecule is CN(C)C(=O)[C@H]1CC[C@H](CNc2cc(C#N)ccc2C(F)(F)F)O1. The van der Waals surface area contributed by atoms with Gasteiger partial charge in [-0.15, -0.1) is 0 Å². The minimum atomic E-state index is -4.52. The van der Waals surface area contributed by atoms with Gasteiger partial charge in [0, 0.05) is 26.3 Å². The van der Waals surface area contributed by atoms with Crippen molar-refractivity contribution in [1.29, 1.82) is 5.26 Å². The second kappa shape index (κ2) is 7.09. The van der Waals surface area contributed by atoms with Crippen molar-refractivity contribution in [1.82, 2.24) is 4.90 Å². The number of nitrogens with zero attached hydrogens (tertiary/aromatic N) is 2. The summed E-state index contributed by atoms with van der Waals surface area (Å²) >= 11 is 0. The first-order valence-corrected chi connectivity index (χ1v) is 7.44. The fraction of sp³-hybridized carbons (Fsp3) is 0.500. The lowest BCUT2D eigenvalue weighted by molar-refractivity contribution is -0.140. The summed E-state index contributed by atoms with van der Waals surface area (Å²) in [5.41, 5.74) is -0.855. The lowest BCUT2D eigenvalue weighted by Crippen LogP contribution is -2.34. The molecule has 2 atom stereocenters. The fourth-order valence-corrected chi connectivity index (χ4v) is 2.56. The molecular formula is C16H18F3N3O2. The molecule has 1 N–H and O–H groups in total. The van der Waals surface area contributed by atoms with Crippen LogP contribution in [-0.2, 0) is 15.7 Å². The number of likely N-dealkylation sites (N-methyl/N-ethyl adjacent to an activating group) is 1. The highest BCUT2D eigenvalue weighted by atomic mass is 19.4. The summed E-state index contributed by atoms with van der Waals surface area (Å²) in [6.45, 7) is 0.134. The molecule has 1 aromatic carbocycles. The van der Waals surface area contributed by atoms with Gasteiger partial charge in [-0.3, -0.25) is 4.79 Å². The first-order valence-electron chi connectivity index (χ1n) is 7.44. The van der Waals surface area contributed by atoms with Crippen LogP contribution in [0.1, 0.15) is 24.0 Å². The molecule has 0 saturated carbocycles. The smallest absolute Gasteiger partial charge is 0.382 e. The highest BCUT2D eigenvalue weighted by molar-refractivity contribution is 5.80. The van der Waals surface area contributed by atoms with E-state index in [1.165, 1.54) is 11.0 Å². The van der Waals surface area contributed by atoms with E-state index >= 15 is 0 Å². The third kappa shape index (κ3) is 4.17. The molecule has 0 bridgehead atoms. The minimum Gasteiger partial charge on any atom is -0.382 e. The molecule has 1 aliphatic heterocycles. The van der Waals surface area contributed by atoms with E-state index in [0.717, 1.165) is 12.1 Å². The summed E-state index contributed by atoms with van der Waals surface area (Å²) in [5.74, 6) is -0.153. The molecular weight excluding hydrogens is 323 g/mol. The second-order valence-corrected chi connectivity index (χ2v) is 5.81. The number of halogens is 3. The zero-order valence-electron chi connectivity index (χ0n) is 13.4. The van der Waals surface area contributed by atoms with Crippen LogP contribution in [0.4, 0.5) is 18.9 Å². The van der Waals surface area contributed by atoms with Crippen molar-refractivity contribution >= 4 is 11.6 Å². The first kappa shape index (κ1) is 18.1. The van der Waals surface area contributed by atoms with Gasteiger partial charge in [-0.25, -0.2) is 0 Å². The zero-order chi connectivity index (χ0) is 17.9. The van der Waals surface area contributed by atoms with Gasteiger partial charge in [0.1, 0.15) is 6.10 Å². The second-order valence-electron chi connectivity index (χ2n) is 5.81. The molecule has 1 heterocycles. The number of nitriles is 1. The lowest BCUT2D eigenvalue weighted by atomic mass is 10.1. The quantitative estimate of drug-likeness (QED) is 0.914. The van der Waals surface area contributed by atoms with Gasteiger partial charge in [-0.05, 0) is 31.0 Å². The maximum atomic E-state index is 13.0. The molecule has 0 unspecified atom stereocenters. The van der Waals surface area contributed by atoms with Crippen molar-refractivity contribution in [3.8, 4) is 6.07 Å². The van der Waals surface area contributed by atoms with Crippen molar-refractivity contribution in [3.63, 3.8) is 0 Å². The Morgan fingerprint density at radius 2 is 2.12 bits per heavy atom. The number of alkyl halides is 3. The van der Waals surface area contributed by atoms with E-state index < -0.39 is 17.8 Å². The summed E-state index contributed by atoms with van der Waals surface area (Å²) in [6, 6.07) is 5.00. The third-order valence-electron chi connectivity index (χ3n) is 3.80. The Kier molecular flexibility index (Phi) is 5.34. The van der Waals surface area contributed by atoms with E-state index in [1.54, 1.807) is 14.1 Å². The number of hydrogen-bond acceptors (Lipinski definition) is 4. The molecule has 1 amide bonds. The van der Waals surface area contributed by atoms with Gasteiger partial charge in [-0.2, -0.15) is 18.4 Å².